The number of likely N-dealkylation sites (N-methyl/N-ethyl adjacent to an activating group) is 2. The number of hydrogen-bond acceptors (Lipinski definition) is 2. The van der Waals surface area contributed by atoms with Crippen LogP contribution in [-0.2, 0) is 0 Å². The molecule has 1 N–H and O–H groups in total. The second kappa shape index (κ2) is 9.15. The molecule has 2 rings (SSSR count). The lowest BCUT2D eigenvalue weighted by Gasteiger charge is -2.43. The molecule has 21 heavy (non-hydrogen) atoms. The first-order chi connectivity index (χ1) is 10.2. The van der Waals surface area contributed by atoms with E-state index in [1.807, 2.05) is 0 Å². The highest BCUT2D eigenvalue weighted by Crippen LogP contribution is 2.32. The molecule has 0 aromatic carbocycles. The highest BCUT2D eigenvalue weighted by atomic mass is 15.2. The molecule has 0 aromatic rings. The smallest absolute Gasteiger partial charge is 0.0249 e. The lowest BCUT2D eigenvalue weighted by molar-refractivity contribution is 0.0955. The van der Waals surface area contributed by atoms with Gasteiger partial charge < -0.3 is 10.2 Å². The van der Waals surface area contributed by atoms with Crippen molar-refractivity contribution in [3.8, 4) is 0 Å². The van der Waals surface area contributed by atoms with Gasteiger partial charge in [-0.15, -0.1) is 0 Å². The molecule has 124 valence electrons. The van der Waals surface area contributed by atoms with Gasteiger partial charge in [-0.3, -0.25) is 0 Å². The molecule has 0 spiro atoms. The first kappa shape index (κ1) is 17.3. The quantitative estimate of drug-likeness (QED) is 0.746. The molecule has 0 aromatic heterocycles. The molecule has 0 aliphatic heterocycles. The van der Waals surface area contributed by atoms with Gasteiger partial charge in [-0.25, -0.2) is 0 Å². The highest BCUT2D eigenvalue weighted by Gasteiger charge is 2.33. The van der Waals surface area contributed by atoms with Crippen LogP contribution in [0, 0.1) is 11.8 Å². The number of nitrogens with one attached hydrogen (secondary N) is 1. The minimum absolute atomic E-state index is 0.733. The lowest BCUT2D eigenvalue weighted by atomic mass is 9.79. The predicted molar refractivity (Wildman–Crippen MR) is 92.7 cm³/mol. The summed E-state index contributed by atoms with van der Waals surface area (Å²) in [6, 6.07) is 1.51. The molecule has 2 aliphatic carbocycles. The zero-order valence-corrected chi connectivity index (χ0v) is 14.7. The Kier molecular flexibility index (Phi) is 7.53. The van der Waals surface area contributed by atoms with E-state index >= 15 is 0 Å². The van der Waals surface area contributed by atoms with Crippen molar-refractivity contribution in [3.63, 3.8) is 0 Å². The van der Waals surface area contributed by atoms with Gasteiger partial charge in [-0.05, 0) is 57.5 Å². The molecule has 0 radical (unpaired) electrons. The summed E-state index contributed by atoms with van der Waals surface area (Å²) in [6.45, 7) is 7.07. The third-order valence-electron chi connectivity index (χ3n) is 5.93. The Morgan fingerprint density at radius 1 is 0.952 bits per heavy atom. The Morgan fingerprint density at radius 2 is 1.71 bits per heavy atom. The summed E-state index contributed by atoms with van der Waals surface area (Å²) in [6.07, 6.45) is 14.4. The van der Waals surface area contributed by atoms with Gasteiger partial charge in [0.1, 0.15) is 0 Å². The summed E-state index contributed by atoms with van der Waals surface area (Å²) < 4.78 is 0. The third-order valence-corrected chi connectivity index (χ3v) is 5.93. The molecule has 2 nitrogen and oxygen atoms in total. The predicted octanol–water partition coefficient (Wildman–Crippen LogP) is 4.45. The van der Waals surface area contributed by atoms with Gasteiger partial charge in [-0.1, -0.05) is 46.0 Å². The van der Waals surface area contributed by atoms with Crippen LogP contribution >= 0.6 is 0 Å². The molecule has 0 heterocycles. The molecule has 3 unspecified atom stereocenters. The minimum Gasteiger partial charge on any atom is -0.313 e. The van der Waals surface area contributed by atoms with Crippen LogP contribution in [0.2, 0.25) is 0 Å². The largest absolute Gasteiger partial charge is 0.313 e. The molecule has 0 bridgehead atoms. The van der Waals surface area contributed by atoms with E-state index in [-0.39, 0.29) is 0 Å². The number of rotatable bonds is 7. The Morgan fingerprint density at radius 3 is 2.38 bits per heavy atom. The van der Waals surface area contributed by atoms with Crippen molar-refractivity contribution < 1.29 is 0 Å². The van der Waals surface area contributed by atoms with E-state index in [0.717, 1.165) is 30.5 Å². The normalized spacial score (nSPS) is 31.7. The lowest BCUT2D eigenvalue weighted by Crippen LogP contribution is -2.53. The van der Waals surface area contributed by atoms with Crippen LogP contribution in [0.4, 0.5) is 0 Å². The molecule has 0 amide bonds. The molecular weight excluding hydrogens is 256 g/mol. The van der Waals surface area contributed by atoms with E-state index in [9.17, 15) is 0 Å². The standard InChI is InChI=1S/C19H38N2/c1-4-9-16-12-13-18(20-5-2)19(14-16)21(3)15-17-10-7-6-8-11-17/h16-20H,4-15H2,1-3H3. The SMILES string of the molecule is CCCC1CCC(NCC)C(N(C)CC2CCCCC2)C1. The van der Waals surface area contributed by atoms with E-state index in [4.69, 9.17) is 0 Å². The molecule has 2 heteroatoms. The van der Waals surface area contributed by atoms with Gasteiger partial charge in [-0.2, -0.15) is 0 Å². The van der Waals surface area contributed by atoms with Crippen molar-refractivity contribution in [3.05, 3.63) is 0 Å². The van der Waals surface area contributed by atoms with Crippen molar-refractivity contribution in [1.29, 1.82) is 0 Å². The molecule has 0 saturated heterocycles. The fourth-order valence-corrected chi connectivity index (χ4v) is 4.80. The van der Waals surface area contributed by atoms with E-state index in [2.05, 4.69) is 31.1 Å². The van der Waals surface area contributed by atoms with Gasteiger partial charge >= 0.3 is 0 Å². The Labute approximate surface area is 133 Å². The number of nitrogens with zero attached hydrogens (tertiary/aromatic N) is 1. The fraction of sp³-hybridized carbons (Fsp3) is 1.00. The van der Waals surface area contributed by atoms with E-state index in [0.29, 0.717) is 0 Å². The first-order valence-corrected chi connectivity index (χ1v) is 9.68. The second-order valence-electron chi connectivity index (χ2n) is 7.64. The molecule has 3 atom stereocenters. The van der Waals surface area contributed by atoms with E-state index in [1.165, 1.54) is 70.8 Å². The van der Waals surface area contributed by atoms with Crippen LogP contribution in [-0.4, -0.2) is 37.1 Å². The maximum Gasteiger partial charge on any atom is 0.0249 e. The van der Waals surface area contributed by atoms with Crippen LogP contribution < -0.4 is 5.32 Å². The van der Waals surface area contributed by atoms with Crippen LogP contribution in [0.15, 0.2) is 0 Å². The van der Waals surface area contributed by atoms with Gasteiger partial charge in [0.2, 0.25) is 0 Å². The van der Waals surface area contributed by atoms with Gasteiger partial charge in [0, 0.05) is 18.6 Å². The Hall–Kier alpha value is -0.0800. The highest BCUT2D eigenvalue weighted by molar-refractivity contribution is 4.90. The van der Waals surface area contributed by atoms with Crippen LogP contribution in [0.25, 0.3) is 0 Å². The maximum absolute atomic E-state index is 3.77. The molecule has 2 aliphatic rings. The van der Waals surface area contributed by atoms with Crippen LogP contribution in [0.5, 0.6) is 0 Å². The maximum atomic E-state index is 3.77. The zero-order chi connectivity index (χ0) is 15.1. The van der Waals surface area contributed by atoms with Crippen molar-refractivity contribution in [1.82, 2.24) is 10.2 Å². The second-order valence-corrected chi connectivity index (χ2v) is 7.64. The van der Waals surface area contributed by atoms with E-state index in [1.54, 1.807) is 0 Å². The summed E-state index contributed by atoms with van der Waals surface area (Å²) in [5, 5.41) is 3.77. The third kappa shape index (κ3) is 5.25. The fourth-order valence-electron chi connectivity index (χ4n) is 4.80. The monoisotopic (exact) mass is 294 g/mol. The van der Waals surface area contributed by atoms with Gasteiger partial charge in [0.15, 0.2) is 0 Å². The molecule has 2 fully saturated rings. The molecule has 2 saturated carbocycles. The average Bonchev–Trinajstić information content (AvgIpc) is 2.50. The van der Waals surface area contributed by atoms with Gasteiger partial charge in [0.05, 0.1) is 0 Å². The van der Waals surface area contributed by atoms with Gasteiger partial charge in [0.25, 0.3) is 0 Å². The summed E-state index contributed by atoms with van der Waals surface area (Å²) in [5.74, 6) is 1.95. The zero-order valence-electron chi connectivity index (χ0n) is 14.7. The average molecular weight is 295 g/mol. The topological polar surface area (TPSA) is 15.3 Å². The van der Waals surface area contributed by atoms with E-state index < -0.39 is 0 Å². The van der Waals surface area contributed by atoms with Crippen molar-refractivity contribution in [2.75, 3.05) is 20.1 Å². The summed E-state index contributed by atoms with van der Waals surface area (Å²) in [4.78, 5) is 2.73. The first-order valence-electron chi connectivity index (χ1n) is 9.68. The summed E-state index contributed by atoms with van der Waals surface area (Å²) in [7, 11) is 2.40. The Balaban J connectivity index is 1.89. The molecular formula is C19H38N2. The van der Waals surface area contributed by atoms with Crippen LogP contribution in [0.3, 0.4) is 0 Å². The van der Waals surface area contributed by atoms with Crippen LogP contribution in [0.1, 0.15) is 78.1 Å². The minimum atomic E-state index is 0.733. The van der Waals surface area contributed by atoms with Crippen molar-refractivity contribution in [2.45, 2.75) is 90.1 Å². The van der Waals surface area contributed by atoms with Crippen molar-refractivity contribution >= 4 is 0 Å². The summed E-state index contributed by atoms with van der Waals surface area (Å²) in [5.41, 5.74) is 0. The summed E-state index contributed by atoms with van der Waals surface area (Å²) >= 11 is 0. The van der Waals surface area contributed by atoms with Crippen molar-refractivity contribution in [2.24, 2.45) is 11.8 Å². The number of hydrogen-bond donors (Lipinski definition) is 1. The Bertz CT molecular complexity index is 273.